The van der Waals surface area contributed by atoms with E-state index in [0.29, 0.717) is 0 Å². The van der Waals surface area contributed by atoms with Gasteiger partial charge in [-0.15, -0.1) is 0 Å². The van der Waals surface area contributed by atoms with Crippen molar-refractivity contribution in [2.75, 3.05) is 4.90 Å². The summed E-state index contributed by atoms with van der Waals surface area (Å²) < 4.78 is 8.72. The van der Waals surface area contributed by atoms with Crippen LogP contribution in [0.1, 0.15) is 0 Å². The van der Waals surface area contributed by atoms with Crippen LogP contribution in [-0.4, -0.2) is 4.57 Å². The summed E-state index contributed by atoms with van der Waals surface area (Å²) in [4.78, 5) is 2.37. The zero-order valence-electron chi connectivity index (χ0n) is 32.1. The molecule has 1 aliphatic rings. The van der Waals surface area contributed by atoms with Gasteiger partial charge in [-0.05, 0) is 122 Å². The number of aromatic nitrogens is 1. The first kappa shape index (κ1) is 33.3. The Kier molecular flexibility index (Phi) is 7.54. The Labute approximate surface area is 342 Å². The van der Waals surface area contributed by atoms with Crippen LogP contribution in [0.4, 0.5) is 17.1 Å². The summed E-state index contributed by atoms with van der Waals surface area (Å²) >= 11 is 0. The molecular formula is C56H36N2O. The van der Waals surface area contributed by atoms with Gasteiger partial charge in [0.1, 0.15) is 0 Å². The second kappa shape index (κ2) is 13.4. The highest BCUT2D eigenvalue weighted by atomic mass is 16.5. The Bertz CT molecular complexity index is 3400. The Morgan fingerprint density at radius 1 is 0.339 bits per heavy atom. The average Bonchev–Trinajstić information content (AvgIpc) is 3.64. The Hall–Kier alpha value is -7.88. The predicted molar refractivity (Wildman–Crippen MR) is 247 cm³/mol. The molecule has 2 heterocycles. The van der Waals surface area contributed by atoms with Crippen molar-refractivity contribution in [2.45, 2.75) is 0 Å². The molecule has 59 heavy (non-hydrogen) atoms. The van der Waals surface area contributed by atoms with Gasteiger partial charge in [0, 0.05) is 27.8 Å². The SMILES string of the molecule is c1cc(-c2cccc3ccccc23)cc(N(c2ccc(-c3ccc4c(c3)c3cccc5c3n4-c3ccccc3O5)cc2)c2ccc(-c3cccc4ccccc34)cc2)c1. The van der Waals surface area contributed by atoms with Crippen molar-refractivity contribution in [1.82, 2.24) is 4.57 Å². The fourth-order valence-electron chi connectivity index (χ4n) is 9.20. The number of ether oxygens (including phenoxy) is 1. The number of nitrogens with zero attached hydrogens (tertiary/aromatic N) is 2. The number of benzene rings is 10. The van der Waals surface area contributed by atoms with E-state index in [1.807, 2.05) is 12.1 Å². The maximum absolute atomic E-state index is 6.37. The molecule has 0 radical (unpaired) electrons. The third-order valence-corrected chi connectivity index (χ3v) is 12.0. The van der Waals surface area contributed by atoms with Gasteiger partial charge >= 0.3 is 0 Å². The number of fused-ring (bicyclic) bond motifs is 7. The van der Waals surface area contributed by atoms with Crippen LogP contribution >= 0.6 is 0 Å². The van der Waals surface area contributed by atoms with Crippen LogP contribution in [0.3, 0.4) is 0 Å². The molecule has 1 aliphatic heterocycles. The number of hydrogen-bond acceptors (Lipinski definition) is 2. The van der Waals surface area contributed by atoms with Gasteiger partial charge in [0.25, 0.3) is 0 Å². The Morgan fingerprint density at radius 2 is 0.898 bits per heavy atom. The molecule has 0 bridgehead atoms. The molecule has 0 saturated carbocycles. The molecule has 0 atom stereocenters. The molecule has 0 aliphatic carbocycles. The van der Waals surface area contributed by atoms with Crippen LogP contribution in [-0.2, 0) is 0 Å². The molecule has 0 fully saturated rings. The van der Waals surface area contributed by atoms with Crippen molar-refractivity contribution < 1.29 is 4.74 Å². The molecular weight excluding hydrogens is 717 g/mol. The highest BCUT2D eigenvalue weighted by molar-refractivity contribution is 6.13. The summed E-state index contributed by atoms with van der Waals surface area (Å²) in [5.74, 6) is 1.76. The maximum Gasteiger partial charge on any atom is 0.152 e. The van der Waals surface area contributed by atoms with Gasteiger partial charge < -0.3 is 14.2 Å². The van der Waals surface area contributed by atoms with Crippen LogP contribution in [0, 0.1) is 0 Å². The molecule has 276 valence electrons. The van der Waals surface area contributed by atoms with Crippen molar-refractivity contribution in [1.29, 1.82) is 0 Å². The normalized spacial score (nSPS) is 11.9. The monoisotopic (exact) mass is 752 g/mol. The van der Waals surface area contributed by atoms with Gasteiger partial charge in [0.2, 0.25) is 0 Å². The van der Waals surface area contributed by atoms with Crippen molar-refractivity contribution in [3.63, 3.8) is 0 Å². The lowest BCUT2D eigenvalue weighted by Gasteiger charge is -2.26. The van der Waals surface area contributed by atoms with E-state index < -0.39 is 0 Å². The number of anilines is 3. The highest BCUT2D eigenvalue weighted by Crippen LogP contribution is 2.46. The van der Waals surface area contributed by atoms with E-state index in [9.17, 15) is 0 Å². The molecule has 3 nitrogen and oxygen atoms in total. The van der Waals surface area contributed by atoms with E-state index in [2.05, 4.69) is 216 Å². The number of rotatable bonds is 6. The lowest BCUT2D eigenvalue weighted by Crippen LogP contribution is -2.10. The van der Waals surface area contributed by atoms with E-state index in [0.717, 1.165) is 45.3 Å². The van der Waals surface area contributed by atoms with E-state index in [1.165, 1.54) is 65.7 Å². The molecule has 0 saturated heterocycles. The molecule has 0 N–H and O–H groups in total. The maximum atomic E-state index is 6.37. The third-order valence-electron chi connectivity index (χ3n) is 12.0. The Balaban J connectivity index is 0.965. The minimum Gasteiger partial charge on any atom is -0.453 e. The summed E-state index contributed by atoms with van der Waals surface area (Å²) in [5, 5.41) is 7.38. The summed E-state index contributed by atoms with van der Waals surface area (Å²) in [5.41, 5.74) is 13.8. The van der Waals surface area contributed by atoms with Gasteiger partial charge in [-0.2, -0.15) is 0 Å². The van der Waals surface area contributed by atoms with Gasteiger partial charge in [-0.25, -0.2) is 0 Å². The lowest BCUT2D eigenvalue weighted by atomic mass is 9.97. The predicted octanol–water partition coefficient (Wildman–Crippen LogP) is 15.7. The minimum absolute atomic E-state index is 0.875. The van der Waals surface area contributed by atoms with Crippen molar-refractivity contribution in [3.05, 3.63) is 218 Å². The molecule has 3 heteroatoms. The van der Waals surface area contributed by atoms with E-state index >= 15 is 0 Å². The summed E-state index contributed by atoms with van der Waals surface area (Å²) in [6.45, 7) is 0. The van der Waals surface area contributed by atoms with Crippen LogP contribution in [0.15, 0.2) is 218 Å². The number of hydrogen-bond donors (Lipinski definition) is 0. The lowest BCUT2D eigenvalue weighted by molar-refractivity contribution is 0.476. The van der Waals surface area contributed by atoms with E-state index in [4.69, 9.17) is 4.74 Å². The number of para-hydroxylation sites is 3. The van der Waals surface area contributed by atoms with Crippen molar-refractivity contribution in [2.24, 2.45) is 0 Å². The first-order valence-electron chi connectivity index (χ1n) is 20.2. The molecule has 1 aromatic heterocycles. The highest BCUT2D eigenvalue weighted by Gasteiger charge is 2.24. The van der Waals surface area contributed by atoms with Gasteiger partial charge in [0.05, 0.1) is 16.7 Å². The minimum atomic E-state index is 0.875. The van der Waals surface area contributed by atoms with Gasteiger partial charge in [-0.1, -0.05) is 152 Å². The summed E-state index contributed by atoms with van der Waals surface area (Å²) in [7, 11) is 0. The van der Waals surface area contributed by atoms with Crippen molar-refractivity contribution in [3.8, 4) is 50.6 Å². The Morgan fingerprint density at radius 3 is 1.64 bits per heavy atom. The molecule has 0 unspecified atom stereocenters. The van der Waals surface area contributed by atoms with Crippen LogP contribution in [0.5, 0.6) is 11.5 Å². The van der Waals surface area contributed by atoms with E-state index in [-0.39, 0.29) is 0 Å². The fraction of sp³-hybridized carbons (Fsp3) is 0. The molecule has 12 rings (SSSR count). The smallest absolute Gasteiger partial charge is 0.152 e. The molecule has 10 aromatic carbocycles. The topological polar surface area (TPSA) is 17.4 Å². The van der Waals surface area contributed by atoms with Crippen LogP contribution < -0.4 is 9.64 Å². The molecule has 11 aromatic rings. The first-order chi connectivity index (χ1) is 29.2. The first-order valence-corrected chi connectivity index (χ1v) is 20.2. The second-order valence-electron chi connectivity index (χ2n) is 15.3. The van der Waals surface area contributed by atoms with Crippen LogP contribution in [0.25, 0.3) is 82.4 Å². The fourth-order valence-corrected chi connectivity index (χ4v) is 9.20. The van der Waals surface area contributed by atoms with Crippen molar-refractivity contribution >= 4 is 60.4 Å². The zero-order valence-corrected chi connectivity index (χ0v) is 32.1. The molecule has 0 amide bonds. The standard InChI is InChI=1S/C56H36N2O/c1-3-17-46-38(11-1)13-8-19-48(46)40-27-32-44(33-28-40)57(45-16-7-15-42(35-45)49-20-9-14-39-12-2-4-18-47(39)49)43-30-25-37(26-31-43)41-29-34-52-51(36-41)50-21-10-24-55-56(50)58(52)53-22-5-6-23-54(53)59-55/h1-36H. The molecule has 0 spiro atoms. The second-order valence-corrected chi connectivity index (χ2v) is 15.3. The quantitative estimate of drug-likeness (QED) is 0.168. The van der Waals surface area contributed by atoms with E-state index in [1.54, 1.807) is 0 Å². The zero-order chi connectivity index (χ0) is 38.9. The summed E-state index contributed by atoms with van der Waals surface area (Å²) in [6, 6.07) is 78.8. The average molecular weight is 753 g/mol. The largest absolute Gasteiger partial charge is 0.453 e. The van der Waals surface area contributed by atoms with Gasteiger partial charge in [-0.3, -0.25) is 0 Å². The summed E-state index contributed by atoms with van der Waals surface area (Å²) in [6.07, 6.45) is 0. The third kappa shape index (κ3) is 5.44. The van der Waals surface area contributed by atoms with Crippen LogP contribution in [0.2, 0.25) is 0 Å². The van der Waals surface area contributed by atoms with Gasteiger partial charge in [0.15, 0.2) is 11.5 Å².